The molecule has 0 spiro atoms. The average molecular weight is 370 g/mol. The number of ether oxygens (including phenoxy) is 2. The molecular weight excluding hydrogens is 343 g/mol. The van der Waals surface area contributed by atoms with Gasteiger partial charge in [-0.05, 0) is 60.8 Å². The molecule has 2 heterocycles. The number of likely N-dealkylation sites (tertiary alicyclic amines) is 2. The van der Waals surface area contributed by atoms with Crippen molar-refractivity contribution < 1.29 is 13.9 Å². The molecule has 0 N–H and O–H groups in total. The van der Waals surface area contributed by atoms with Crippen molar-refractivity contribution in [2.45, 2.75) is 6.04 Å². The first-order valence-electron chi connectivity index (χ1n) is 9.59. The van der Waals surface area contributed by atoms with Crippen molar-refractivity contribution in [1.29, 1.82) is 0 Å². The summed E-state index contributed by atoms with van der Waals surface area (Å²) in [5.41, 5.74) is 1.37. The maximum absolute atomic E-state index is 13.0. The minimum Gasteiger partial charge on any atom is -0.497 e. The molecule has 2 saturated heterocycles. The molecular formula is C22H27FN2O2. The highest BCUT2D eigenvalue weighted by molar-refractivity contribution is 5.30. The first-order chi connectivity index (χ1) is 13.1. The Labute approximate surface area is 160 Å². The standard InChI is InChI=1S/C22H27FN2O2/c1-24-13-17-14-25(11-12-27-20-9-5-18(23)6-10-20)15-21(17)22(24)16-3-7-19(26-2)8-4-16/h3-10,17,21-22H,11-15H2,1-2H3/t17-,21+,22+/m0/s1. The molecule has 3 atom stereocenters. The molecule has 27 heavy (non-hydrogen) atoms. The Bertz CT molecular complexity index is 750. The average Bonchev–Trinajstić information content (AvgIpc) is 3.19. The van der Waals surface area contributed by atoms with Crippen LogP contribution >= 0.6 is 0 Å². The van der Waals surface area contributed by atoms with E-state index >= 15 is 0 Å². The third-order valence-corrected chi connectivity index (χ3v) is 5.92. The third kappa shape index (κ3) is 3.94. The van der Waals surface area contributed by atoms with Crippen molar-refractivity contribution in [2.24, 2.45) is 11.8 Å². The highest BCUT2D eigenvalue weighted by Crippen LogP contribution is 2.44. The Kier molecular flexibility index (Phi) is 5.32. The molecule has 2 aliphatic rings. The van der Waals surface area contributed by atoms with Crippen LogP contribution < -0.4 is 9.47 Å². The molecule has 2 fully saturated rings. The summed E-state index contributed by atoms with van der Waals surface area (Å²) in [5, 5.41) is 0. The van der Waals surface area contributed by atoms with Gasteiger partial charge in [0.1, 0.15) is 23.9 Å². The van der Waals surface area contributed by atoms with E-state index in [0.29, 0.717) is 24.5 Å². The Balaban J connectivity index is 1.34. The maximum Gasteiger partial charge on any atom is 0.123 e. The van der Waals surface area contributed by atoms with E-state index in [1.165, 1.54) is 17.7 Å². The van der Waals surface area contributed by atoms with Crippen molar-refractivity contribution in [3.63, 3.8) is 0 Å². The Morgan fingerprint density at radius 2 is 1.67 bits per heavy atom. The van der Waals surface area contributed by atoms with Crippen molar-refractivity contribution in [3.05, 3.63) is 59.9 Å². The number of hydrogen-bond donors (Lipinski definition) is 0. The predicted molar refractivity (Wildman–Crippen MR) is 104 cm³/mol. The smallest absolute Gasteiger partial charge is 0.123 e. The molecule has 144 valence electrons. The molecule has 0 radical (unpaired) electrons. The molecule has 0 bridgehead atoms. The van der Waals surface area contributed by atoms with Gasteiger partial charge in [-0.15, -0.1) is 0 Å². The molecule has 0 unspecified atom stereocenters. The van der Waals surface area contributed by atoms with Gasteiger partial charge in [0, 0.05) is 32.2 Å². The second-order valence-corrected chi connectivity index (χ2v) is 7.64. The number of halogens is 1. The minimum atomic E-state index is -0.233. The Morgan fingerprint density at radius 3 is 2.37 bits per heavy atom. The van der Waals surface area contributed by atoms with Gasteiger partial charge >= 0.3 is 0 Å². The monoisotopic (exact) mass is 370 g/mol. The van der Waals surface area contributed by atoms with Crippen LogP contribution in [-0.2, 0) is 0 Å². The quantitative estimate of drug-likeness (QED) is 0.778. The van der Waals surface area contributed by atoms with Gasteiger partial charge in [-0.1, -0.05) is 12.1 Å². The maximum atomic E-state index is 13.0. The van der Waals surface area contributed by atoms with E-state index in [2.05, 4.69) is 41.1 Å². The SMILES string of the molecule is COc1ccc([C@@H]2[C@@H]3CN(CCOc4ccc(F)cc4)C[C@@H]3CN2C)cc1. The number of nitrogens with zero attached hydrogens (tertiary/aromatic N) is 2. The molecule has 2 aromatic carbocycles. The van der Waals surface area contributed by atoms with E-state index < -0.39 is 0 Å². The van der Waals surface area contributed by atoms with Crippen LogP contribution in [0.2, 0.25) is 0 Å². The fraction of sp³-hybridized carbons (Fsp3) is 0.455. The van der Waals surface area contributed by atoms with E-state index in [-0.39, 0.29) is 5.82 Å². The molecule has 4 rings (SSSR count). The summed E-state index contributed by atoms with van der Waals surface area (Å²) in [7, 11) is 3.94. The van der Waals surface area contributed by atoms with Crippen molar-refractivity contribution in [3.8, 4) is 11.5 Å². The van der Waals surface area contributed by atoms with E-state index in [0.717, 1.165) is 37.7 Å². The van der Waals surface area contributed by atoms with Crippen LogP contribution in [0, 0.1) is 17.7 Å². The fourth-order valence-corrected chi connectivity index (χ4v) is 4.66. The lowest BCUT2D eigenvalue weighted by molar-refractivity contribution is 0.198. The van der Waals surface area contributed by atoms with Crippen molar-refractivity contribution in [2.75, 3.05) is 46.9 Å². The summed E-state index contributed by atoms with van der Waals surface area (Å²) in [5.74, 6) is 2.75. The summed E-state index contributed by atoms with van der Waals surface area (Å²) in [4.78, 5) is 4.99. The van der Waals surface area contributed by atoms with Crippen LogP contribution in [0.15, 0.2) is 48.5 Å². The van der Waals surface area contributed by atoms with Crippen LogP contribution in [0.3, 0.4) is 0 Å². The lowest BCUT2D eigenvalue weighted by Crippen LogP contribution is -2.31. The minimum absolute atomic E-state index is 0.233. The molecule has 2 aromatic rings. The van der Waals surface area contributed by atoms with Crippen molar-refractivity contribution >= 4 is 0 Å². The Hall–Kier alpha value is -2.11. The predicted octanol–water partition coefficient (Wildman–Crippen LogP) is 3.45. The number of methoxy groups -OCH3 is 1. The fourth-order valence-electron chi connectivity index (χ4n) is 4.66. The van der Waals surface area contributed by atoms with Gasteiger partial charge in [-0.3, -0.25) is 9.80 Å². The lowest BCUT2D eigenvalue weighted by Gasteiger charge is -2.27. The summed E-state index contributed by atoms with van der Waals surface area (Å²) in [6, 6.07) is 15.2. The molecule has 5 heteroatoms. The van der Waals surface area contributed by atoms with Gasteiger partial charge in [0.2, 0.25) is 0 Å². The highest BCUT2D eigenvalue weighted by Gasteiger charge is 2.45. The summed E-state index contributed by atoms with van der Waals surface area (Å²) in [6.07, 6.45) is 0. The van der Waals surface area contributed by atoms with Crippen molar-refractivity contribution in [1.82, 2.24) is 9.80 Å². The number of hydrogen-bond acceptors (Lipinski definition) is 4. The van der Waals surface area contributed by atoms with Gasteiger partial charge in [-0.2, -0.15) is 0 Å². The van der Waals surface area contributed by atoms with E-state index in [1.807, 2.05) is 0 Å². The lowest BCUT2D eigenvalue weighted by atomic mass is 9.89. The highest BCUT2D eigenvalue weighted by atomic mass is 19.1. The van der Waals surface area contributed by atoms with Crippen LogP contribution in [0.25, 0.3) is 0 Å². The largest absolute Gasteiger partial charge is 0.497 e. The van der Waals surface area contributed by atoms with Gasteiger partial charge in [0.25, 0.3) is 0 Å². The molecule has 2 aliphatic heterocycles. The molecule has 0 saturated carbocycles. The van der Waals surface area contributed by atoms with E-state index in [9.17, 15) is 4.39 Å². The number of rotatable bonds is 6. The van der Waals surface area contributed by atoms with Crippen LogP contribution in [0.5, 0.6) is 11.5 Å². The third-order valence-electron chi connectivity index (χ3n) is 5.92. The summed E-state index contributed by atoms with van der Waals surface area (Å²) in [6.45, 7) is 4.89. The van der Waals surface area contributed by atoms with Gasteiger partial charge in [-0.25, -0.2) is 4.39 Å². The zero-order valence-electron chi connectivity index (χ0n) is 16.0. The summed E-state index contributed by atoms with van der Waals surface area (Å²) < 4.78 is 24.0. The Morgan fingerprint density at radius 1 is 0.963 bits per heavy atom. The molecule has 0 aromatic heterocycles. The van der Waals surface area contributed by atoms with Gasteiger partial charge < -0.3 is 9.47 Å². The second kappa shape index (κ2) is 7.87. The van der Waals surface area contributed by atoms with Crippen LogP contribution in [0.4, 0.5) is 4.39 Å². The molecule has 0 amide bonds. The molecule has 4 nitrogen and oxygen atoms in total. The first-order valence-corrected chi connectivity index (χ1v) is 9.59. The first kappa shape index (κ1) is 18.3. The normalized spacial score (nSPS) is 25.5. The zero-order valence-corrected chi connectivity index (χ0v) is 16.0. The van der Waals surface area contributed by atoms with Crippen LogP contribution in [-0.4, -0.2) is 56.7 Å². The van der Waals surface area contributed by atoms with Gasteiger partial charge in [0.15, 0.2) is 0 Å². The second-order valence-electron chi connectivity index (χ2n) is 7.64. The summed E-state index contributed by atoms with van der Waals surface area (Å²) >= 11 is 0. The van der Waals surface area contributed by atoms with Gasteiger partial charge in [0.05, 0.1) is 7.11 Å². The molecule has 0 aliphatic carbocycles. The van der Waals surface area contributed by atoms with Crippen LogP contribution in [0.1, 0.15) is 11.6 Å². The van der Waals surface area contributed by atoms with E-state index in [1.54, 1.807) is 19.2 Å². The number of fused-ring (bicyclic) bond motifs is 1. The zero-order chi connectivity index (χ0) is 18.8. The van der Waals surface area contributed by atoms with E-state index in [4.69, 9.17) is 9.47 Å². The topological polar surface area (TPSA) is 24.9 Å². The number of benzene rings is 2.